The Morgan fingerprint density at radius 1 is 1.43 bits per heavy atom. The van der Waals surface area contributed by atoms with Gasteiger partial charge in [-0.25, -0.2) is 4.98 Å². The number of aromatic nitrogens is 2. The van der Waals surface area contributed by atoms with Gasteiger partial charge in [-0.2, -0.15) is 0 Å². The number of pyridine rings is 1. The van der Waals surface area contributed by atoms with Gasteiger partial charge in [-0.15, -0.1) is 11.3 Å². The van der Waals surface area contributed by atoms with Crippen molar-refractivity contribution in [2.45, 2.75) is 32.7 Å². The number of hydrogen-bond donors (Lipinski definition) is 1. The molecule has 0 unspecified atom stereocenters. The average molecular weight is 330 g/mol. The Bertz CT molecular complexity index is 643. The highest BCUT2D eigenvalue weighted by Crippen LogP contribution is 2.24. The van der Waals surface area contributed by atoms with Crippen molar-refractivity contribution in [3.05, 3.63) is 41.2 Å². The molecule has 1 fully saturated rings. The summed E-state index contributed by atoms with van der Waals surface area (Å²) >= 11 is 1.56. The zero-order valence-electron chi connectivity index (χ0n) is 13.4. The lowest BCUT2D eigenvalue weighted by Crippen LogP contribution is -2.35. The fourth-order valence-electron chi connectivity index (χ4n) is 3.09. The van der Waals surface area contributed by atoms with Crippen molar-refractivity contribution < 1.29 is 4.79 Å². The monoisotopic (exact) mass is 330 g/mol. The molecule has 0 saturated carbocycles. The number of carbonyl (C=O) groups is 1. The average Bonchev–Trinajstić information content (AvgIpc) is 2.95. The molecule has 0 bridgehead atoms. The third-order valence-electron chi connectivity index (χ3n) is 4.04. The van der Waals surface area contributed by atoms with Crippen LogP contribution in [0.25, 0.3) is 0 Å². The summed E-state index contributed by atoms with van der Waals surface area (Å²) in [6.07, 6.45) is 7.30. The summed E-state index contributed by atoms with van der Waals surface area (Å²) in [7, 11) is 0. The maximum Gasteiger partial charge on any atom is 0.223 e. The molecule has 122 valence electrons. The summed E-state index contributed by atoms with van der Waals surface area (Å²) < 4.78 is 0. The highest BCUT2D eigenvalue weighted by Gasteiger charge is 2.21. The molecule has 0 aliphatic carbocycles. The maximum atomic E-state index is 11.1. The molecule has 1 aliphatic rings. The number of likely N-dealkylation sites (tertiary alicyclic amines) is 1. The van der Waals surface area contributed by atoms with Gasteiger partial charge in [-0.3, -0.25) is 14.7 Å². The Morgan fingerprint density at radius 2 is 2.35 bits per heavy atom. The number of nitrogens with zero attached hydrogens (tertiary/aromatic N) is 3. The van der Waals surface area contributed by atoms with Crippen LogP contribution in [0.2, 0.25) is 0 Å². The second kappa shape index (κ2) is 7.66. The molecule has 1 amide bonds. The molecular weight excluding hydrogens is 308 g/mol. The van der Waals surface area contributed by atoms with Gasteiger partial charge in [0.2, 0.25) is 5.91 Å². The largest absolute Gasteiger partial charge is 0.302 e. The van der Waals surface area contributed by atoms with Gasteiger partial charge in [-0.05, 0) is 43.9 Å². The molecule has 1 N–H and O–H groups in total. The molecule has 1 saturated heterocycles. The van der Waals surface area contributed by atoms with E-state index in [1.54, 1.807) is 11.3 Å². The predicted octanol–water partition coefficient (Wildman–Crippen LogP) is 2.95. The molecule has 3 rings (SSSR count). The summed E-state index contributed by atoms with van der Waals surface area (Å²) in [5, 5.41) is 3.43. The van der Waals surface area contributed by atoms with Crippen LogP contribution in [0.15, 0.2) is 30.6 Å². The van der Waals surface area contributed by atoms with E-state index in [1.807, 2.05) is 18.5 Å². The fourth-order valence-corrected chi connectivity index (χ4v) is 3.99. The molecule has 0 spiro atoms. The van der Waals surface area contributed by atoms with Crippen LogP contribution < -0.4 is 5.32 Å². The number of hydrogen-bond acceptors (Lipinski definition) is 5. The standard InChI is InChI=1S/C17H22N4OS/c1-13(22)20-17-19-10-16(23-17)12-21-8-4-5-14(11-21)9-15-6-2-3-7-18-15/h2-3,6-7,10,14H,4-5,8-9,11-12H2,1H3,(H,19,20,22)/t14-/m0/s1. The number of thiazole rings is 1. The minimum absolute atomic E-state index is 0.0701. The lowest BCUT2D eigenvalue weighted by atomic mass is 9.93. The van der Waals surface area contributed by atoms with Crippen LogP contribution in [-0.2, 0) is 17.8 Å². The highest BCUT2D eigenvalue weighted by molar-refractivity contribution is 7.15. The van der Waals surface area contributed by atoms with Crippen LogP contribution in [-0.4, -0.2) is 33.9 Å². The number of carbonyl (C=O) groups excluding carboxylic acids is 1. The molecular formula is C17H22N4OS. The molecule has 1 atom stereocenters. The smallest absolute Gasteiger partial charge is 0.223 e. The third-order valence-corrected chi connectivity index (χ3v) is 4.94. The molecule has 0 radical (unpaired) electrons. The molecule has 5 nitrogen and oxygen atoms in total. The van der Waals surface area contributed by atoms with Crippen molar-refractivity contribution >= 4 is 22.4 Å². The van der Waals surface area contributed by atoms with Crippen molar-refractivity contribution in [3.63, 3.8) is 0 Å². The summed E-state index contributed by atoms with van der Waals surface area (Å²) in [6, 6.07) is 6.14. The van der Waals surface area contributed by atoms with E-state index in [4.69, 9.17) is 0 Å². The van der Waals surface area contributed by atoms with Gasteiger partial charge in [0.15, 0.2) is 5.13 Å². The third kappa shape index (κ3) is 4.84. The summed E-state index contributed by atoms with van der Waals surface area (Å²) in [6.45, 7) is 4.65. The van der Waals surface area contributed by atoms with Crippen LogP contribution in [0.4, 0.5) is 5.13 Å². The van der Waals surface area contributed by atoms with Gasteiger partial charge in [0.25, 0.3) is 0 Å². The number of anilines is 1. The topological polar surface area (TPSA) is 58.1 Å². The number of amides is 1. The molecule has 0 aromatic carbocycles. The lowest BCUT2D eigenvalue weighted by Gasteiger charge is -2.32. The van der Waals surface area contributed by atoms with Gasteiger partial charge in [0.1, 0.15) is 0 Å². The van der Waals surface area contributed by atoms with Crippen LogP contribution in [0.5, 0.6) is 0 Å². The van der Waals surface area contributed by atoms with E-state index in [0.29, 0.717) is 11.0 Å². The van der Waals surface area contributed by atoms with Crippen molar-refractivity contribution in [1.29, 1.82) is 0 Å². The van der Waals surface area contributed by atoms with Gasteiger partial charge < -0.3 is 5.32 Å². The van der Waals surface area contributed by atoms with Crippen molar-refractivity contribution in [2.75, 3.05) is 18.4 Å². The first-order valence-corrected chi connectivity index (χ1v) is 8.85. The first-order chi connectivity index (χ1) is 11.2. The Morgan fingerprint density at radius 3 is 3.13 bits per heavy atom. The minimum atomic E-state index is -0.0701. The van der Waals surface area contributed by atoms with E-state index >= 15 is 0 Å². The van der Waals surface area contributed by atoms with E-state index in [0.717, 1.165) is 26.1 Å². The minimum Gasteiger partial charge on any atom is -0.302 e. The normalized spacial score (nSPS) is 18.7. The zero-order chi connectivity index (χ0) is 16.1. The fraction of sp³-hybridized carbons (Fsp3) is 0.471. The van der Waals surface area contributed by atoms with Gasteiger partial charge in [0, 0.05) is 43.0 Å². The Hall–Kier alpha value is -1.79. The van der Waals surface area contributed by atoms with Crippen molar-refractivity contribution in [1.82, 2.24) is 14.9 Å². The maximum absolute atomic E-state index is 11.1. The summed E-state index contributed by atoms with van der Waals surface area (Å²) in [5.41, 5.74) is 1.19. The van der Waals surface area contributed by atoms with E-state index < -0.39 is 0 Å². The van der Waals surface area contributed by atoms with Crippen molar-refractivity contribution in [2.24, 2.45) is 5.92 Å². The number of nitrogens with one attached hydrogen (secondary N) is 1. The van der Waals surface area contributed by atoms with E-state index in [-0.39, 0.29) is 5.91 Å². The highest BCUT2D eigenvalue weighted by atomic mass is 32.1. The van der Waals surface area contributed by atoms with E-state index in [2.05, 4.69) is 32.3 Å². The second-order valence-corrected chi connectivity index (χ2v) is 7.20. The number of rotatable bonds is 5. The van der Waals surface area contributed by atoms with Crippen LogP contribution in [0, 0.1) is 5.92 Å². The van der Waals surface area contributed by atoms with Gasteiger partial charge in [-0.1, -0.05) is 6.07 Å². The molecule has 3 heterocycles. The van der Waals surface area contributed by atoms with Crippen molar-refractivity contribution in [3.8, 4) is 0 Å². The summed E-state index contributed by atoms with van der Waals surface area (Å²) in [4.78, 5) is 23.5. The lowest BCUT2D eigenvalue weighted by molar-refractivity contribution is -0.114. The van der Waals surface area contributed by atoms with E-state index in [1.165, 1.54) is 30.3 Å². The molecule has 23 heavy (non-hydrogen) atoms. The quantitative estimate of drug-likeness (QED) is 0.916. The SMILES string of the molecule is CC(=O)Nc1ncc(CN2CCC[C@@H](Cc3ccccn3)C2)s1. The molecule has 6 heteroatoms. The number of piperidine rings is 1. The molecule has 2 aromatic rings. The first kappa shape index (κ1) is 16.1. The van der Waals surface area contributed by atoms with Crippen LogP contribution in [0.3, 0.4) is 0 Å². The second-order valence-electron chi connectivity index (χ2n) is 6.08. The van der Waals surface area contributed by atoms with E-state index in [9.17, 15) is 4.79 Å². The zero-order valence-corrected chi connectivity index (χ0v) is 14.2. The van der Waals surface area contributed by atoms with Gasteiger partial charge in [0.05, 0.1) is 0 Å². The van der Waals surface area contributed by atoms with Crippen LogP contribution >= 0.6 is 11.3 Å². The Labute approximate surface area is 140 Å². The summed E-state index contributed by atoms with van der Waals surface area (Å²) in [5.74, 6) is 0.598. The molecule has 1 aliphatic heterocycles. The Kier molecular flexibility index (Phi) is 5.35. The van der Waals surface area contributed by atoms with Gasteiger partial charge >= 0.3 is 0 Å². The Balaban J connectivity index is 1.54. The molecule has 2 aromatic heterocycles. The predicted molar refractivity (Wildman–Crippen MR) is 92.4 cm³/mol. The first-order valence-electron chi connectivity index (χ1n) is 8.03. The van der Waals surface area contributed by atoms with Crippen LogP contribution in [0.1, 0.15) is 30.3 Å².